The molecule has 2 aliphatic heterocycles. The van der Waals surface area contributed by atoms with Gasteiger partial charge in [0.05, 0.1) is 11.8 Å². The Morgan fingerprint density at radius 2 is 1.78 bits per heavy atom. The van der Waals surface area contributed by atoms with Gasteiger partial charge in [0.25, 0.3) is 0 Å². The Morgan fingerprint density at radius 3 is 2.54 bits per heavy atom. The molecule has 3 aromatic heterocycles. The first-order chi connectivity index (χ1) is 22.2. The van der Waals surface area contributed by atoms with Gasteiger partial charge < -0.3 is 14.8 Å². The van der Waals surface area contributed by atoms with Crippen LogP contribution in [-0.4, -0.2) is 69.3 Å². The maximum absolute atomic E-state index is 12.9. The zero-order chi connectivity index (χ0) is 31.9. The van der Waals surface area contributed by atoms with Gasteiger partial charge >= 0.3 is 6.18 Å². The number of hydrogen-bond acceptors (Lipinski definition) is 7. The number of nitrogens with one attached hydrogen (secondary N) is 1. The van der Waals surface area contributed by atoms with Gasteiger partial charge in [-0.25, -0.2) is 9.97 Å². The number of piperidine rings is 2. The molecule has 1 saturated carbocycles. The Morgan fingerprint density at radius 1 is 1.00 bits per heavy atom. The lowest BCUT2D eigenvalue weighted by molar-refractivity contribution is -0.126. The highest BCUT2D eigenvalue weighted by Crippen LogP contribution is 2.44. The van der Waals surface area contributed by atoms with Gasteiger partial charge in [0.2, 0.25) is 0 Å². The molecule has 3 aliphatic rings. The Balaban J connectivity index is 0.978. The predicted octanol–water partition coefficient (Wildman–Crippen LogP) is 7.66. The number of aryl methyl sites for hydroxylation is 1. The third-order valence-electron chi connectivity index (χ3n) is 10.7. The van der Waals surface area contributed by atoms with Gasteiger partial charge in [0.15, 0.2) is 0 Å². The second-order valence-electron chi connectivity index (χ2n) is 13.8. The molecule has 0 amide bonds. The van der Waals surface area contributed by atoms with E-state index >= 15 is 0 Å². The first kappa shape index (κ1) is 31.4. The Hall–Kier alpha value is -3.20. The summed E-state index contributed by atoms with van der Waals surface area (Å²) in [6, 6.07) is 10.8. The lowest BCUT2D eigenvalue weighted by Crippen LogP contribution is -2.43. The first-order valence-electron chi connectivity index (χ1n) is 16.7. The molecule has 11 heteroatoms. The number of nitrogens with zero attached hydrogens (tertiary/aromatic N) is 6. The summed E-state index contributed by atoms with van der Waals surface area (Å²) in [6.45, 7) is 9.06. The Kier molecular flexibility index (Phi) is 8.72. The van der Waals surface area contributed by atoms with E-state index in [1.807, 2.05) is 0 Å². The van der Waals surface area contributed by atoms with Gasteiger partial charge in [-0.1, -0.05) is 18.9 Å². The number of aromatic nitrogens is 3. The number of thiophene rings is 1. The van der Waals surface area contributed by atoms with E-state index in [9.17, 15) is 18.4 Å². The van der Waals surface area contributed by atoms with Crippen LogP contribution in [0.4, 0.5) is 19.0 Å². The number of anilines is 1. The molecule has 4 aromatic rings. The highest BCUT2D eigenvalue weighted by Gasteiger charge is 2.37. The third-order valence-corrected chi connectivity index (χ3v) is 11.7. The van der Waals surface area contributed by atoms with Crippen molar-refractivity contribution < 1.29 is 13.2 Å². The number of likely N-dealkylation sites (tertiary alicyclic amines) is 2. The number of nitriles is 1. The summed E-state index contributed by atoms with van der Waals surface area (Å²) in [6.07, 6.45) is 6.26. The maximum atomic E-state index is 12.9. The molecule has 7 rings (SSSR count). The van der Waals surface area contributed by atoms with Gasteiger partial charge in [-0.05, 0) is 86.7 Å². The molecule has 5 heterocycles. The van der Waals surface area contributed by atoms with E-state index in [0.29, 0.717) is 21.4 Å². The highest BCUT2D eigenvalue weighted by atomic mass is 32.1. The minimum atomic E-state index is -4.24. The number of hydrogen-bond donors (Lipinski definition) is 1. The quantitative estimate of drug-likeness (QED) is 0.211. The molecule has 46 heavy (non-hydrogen) atoms. The fourth-order valence-electron chi connectivity index (χ4n) is 8.28. The molecule has 1 spiro atoms. The van der Waals surface area contributed by atoms with Crippen LogP contribution in [0.1, 0.15) is 73.1 Å². The van der Waals surface area contributed by atoms with Crippen molar-refractivity contribution in [2.24, 2.45) is 5.41 Å². The lowest BCUT2D eigenvalue weighted by atomic mass is 9.78. The maximum Gasteiger partial charge on any atom is 0.393 e. The van der Waals surface area contributed by atoms with Gasteiger partial charge in [-0.2, -0.15) is 18.4 Å². The predicted molar refractivity (Wildman–Crippen MR) is 177 cm³/mol. The summed E-state index contributed by atoms with van der Waals surface area (Å²) < 4.78 is 41.1. The van der Waals surface area contributed by atoms with Crippen LogP contribution < -0.4 is 5.32 Å². The van der Waals surface area contributed by atoms with E-state index < -0.39 is 12.6 Å². The van der Waals surface area contributed by atoms with Crippen LogP contribution in [0.5, 0.6) is 0 Å². The zero-order valence-electron chi connectivity index (χ0n) is 26.5. The summed E-state index contributed by atoms with van der Waals surface area (Å²) in [7, 11) is 0. The number of halogens is 3. The molecule has 0 radical (unpaired) electrons. The van der Waals surface area contributed by atoms with E-state index in [1.54, 1.807) is 6.07 Å². The van der Waals surface area contributed by atoms with E-state index in [-0.39, 0.29) is 10.9 Å². The van der Waals surface area contributed by atoms with E-state index in [4.69, 9.17) is 0 Å². The summed E-state index contributed by atoms with van der Waals surface area (Å²) in [4.78, 5) is 14.5. The van der Waals surface area contributed by atoms with Gasteiger partial charge in [-0.3, -0.25) is 4.90 Å². The molecule has 7 nitrogen and oxygen atoms in total. The first-order valence-corrected chi connectivity index (χ1v) is 17.5. The zero-order valence-corrected chi connectivity index (χ0v) is 27.3. The van der Waals surface area contributed by atoms with E-state index in [0.717, 1.165) is 68.1 Å². The molecule has 0 unspecified atom stereocenters. The van der Waals surface area contributed by atoms with Crippen molar-refractivity contribution >= 4 is 38.3 Å². The largest absolute Gasteiger partial charge is 0.393 e. The molecule has 0 bridgehead atoms. The Labute approximate surface area is 272 Å². The minimum Gasteiger partial charge on any atom is -0.367 e. The van der Waals surface area contributed by atoms with Crippen LogP contribution in [0, 0.1) is 23.7 Å². The highest BCUT2D eigenvalue weighted by molar-refractivity contribution is 7.18. The van der Waals surface area contributed by atoms with Gasteiger partial charge in [0, 0.05) is 61.1 Å². The number of rotatable bonds is 8. The van der Waals surface area contributed by atoms with Crippen molar-refractivity contribution in [3.8, 4) is 6.07 Å². The second-order valence-corrected chi connectivity index (χ2v) is 14.9. The Bertz CT molecular complexity index is 1740. The van der Waals surface area contributed by atoms with Gasteiger partial charge in [-0.15, -0.1) is 11.3 Å². The van der Waals surface area contributed by atoms with Crippen LogP contribution in [0.25, 0.3) is 21.1 Å². The second kappa shape index (κ2) is 12.8. The van der Waals surface area contributed by atoms with Gasteiger partial charge in [0.1, 0.15) is 28.7 Å². The van der Waals surface area contributed by atoms with Crippen LogP contribution in [-0.2, 0) is 19.5 Å². The molecular weight excluding hydrogens is 607 g/mol. The smallest absolute Gasteiger partial charge is 0.367 e. The van der Waals surface area contributed by atoms with Crippen molar-refractivity contribution in [3.63, 3.8) is 0 Å². The molecule has 3 fully saturated rings. The molecule has 1 aliphatic carbocycles. The molecule has 244 valence electrons. The summed E-state index contributed by atoms with van der Waals surface area (Å²) >= 11 is 1.08. The molecule has 2 saturated heterocycles. The summed E-state index contributed by atoms with van der Waals surface area (Å²) in [5.41, 5.74) is 4.96. The third kappa shape index (κ3) is 6.62. The lowest BCUT2D eigenvalue weighted by Gasteiger charge is -2.40. The monoisotopic (exact) mass is 649 g/mol. The fraction of sp³-hybridized carbons (Fsp3) is 0.571. The molecule has 0 atom stereocenters. The molecule has 1 N–H and O–H groups in total. The normalized spacial score (nSPS) is 19.8. The van der Waals surface area contributed by atoms with Crippen LogP contribution >= 0.6 is 11.3 Å². The minimum absolute atomic E-state index is 0.194. The van der Waals surface area contributed by atoms with Crippen LogP contribution in [0.3, 0.4) is 0 Å². The van der Waals surface area contributed by atoms with Crippen molar-refractivity contribution in [1.29, 1.82) is 5.26 Å². The van der Waals surface area contributed by atoms with Crippen LogP contribution in [0.15, 0.2) is 30.6 Å². The molecular formula is C35H42F3N7S. The average Bonchev–Trinajstić information content (AvgIpc) is 3.75. The van der Waals surface area contributed by atoms with E-state index in [2.05, 4.69) is 60.8 Å². The average molecular weight is 650 g/mol. The van der Waals surface area contributed by atoms with Crippen LogP contribution in [0.2, 0.25) is 0 Å². The molecule has 1 aromatic carbocycles. The number of benzene rings is 1. The number of alkyl halides is 3. The van der Waals surface area contributed by atoms with Crippen molar-refractivity contribution in [3.05, 3.63) is 52.3 Å². The number of fused-ring (bicyclic) bond motifs is 2. The topological polar surface area (TPSA) is 73.0 Å². The van der Waals surface area contributed by atoms with E-state index in [1.165, 1.54) is 74.5 Å². The van der Waals surface area contributed by atoms with Crippen molar-refractivity contribution in [2.75, 3.05) is 38.0 Å². The summed E-state index contributed by atoms with van der Waals surface area (Å²) in [5.74, 6) is 0.616. The fourth-order valence-corrected chi connectivity index (χ4v) is 9.30. The van der Waals surface area contributed by atoms with Crippen molar-refractivity contribution in [1.82, 2.24) is 24.3 Å². The summed E-state index contributed by atoms with van der Waals surface area (Å²) in [5, 5.41) is 15.4. The van der Waals surface area contributed by atoms with Crippen molar-refractivity contribution in [2.45, 2.75) is 90.0 Å². The standard InChI is InChI=1S/C35H42F3N7S/c1-24-25(5-6-31-29(24)17-27(20-39)45(31)16-15-44-12-4-11-34(22-44)9-2-3-10-34)21-43-13-7-26(8-14-43)42-32-30-18-28(19-35(36,37)38)46-33(30)41-23-40-32/h5-6,17-18,23,26H,2-4,7-16,19,21-22H2,1H3,(H,40,41,42). The SMILES string of the molecule is Cc1c(CN2CCC(Nc3ncnc4sc(CC(F)(F)F)cc34)CC2)ccc2c1cc(C#N)n2CCN1CCCC2(CCCC2)C1.